The smallest absolute Gasteiger partial charge is 0.251 e. The zero-order chi connectivity index (χ0) is 20.2. The van der Waals surface area contributed by atoms with Crippen molar-refractivity contribution in [2.75, 3.05) is 18.4 Å². The van der Waals surface area contributed by atoms with Crippen molar-refractivity contribution in [2.24, 2.45) is 5.92 Å². The second-order valence-electron chi connectivity index (χ2n) is 8.33. The number of hydrogen-bond donors (Lipinski definition) is 2. The molecule has 2 N–H and O–H groups in total. The molecule has 5 nitrogen and oxygen atoms in total. The summed E-state index contributed by atoms with van der Waals surface area (Å²) in [5.74, 6) is 0.784. The lowest BCUT2D eigenvalue weighted by Crippen LogP contribution is -2.33. The summed E-state index contributed by atoms with van der Waals surface area (Å²) in [6, 6.07) is 13.9. The number of piperidine rings is 1. The van der Waals surface area contributed by atoms with E-state index in [1.165, 1.54) is 24.0 Å². The second-order valence-corrected chi connectivity index (χ2v) is 8.33. The molecule has 2 amide bonds. The van der Waals surface area contributed by atoms with E-state index in [1.807, 2.05) is 18.2 Å². The van der Waals surface area contributed by atoms with Crippen LogP contribution in [0.15, 0.2) is 42.5 Å². The molecule has 0 unspecified atom stereocenters. The van der Waals surface area contributed by atoms with Gasteiger partial charge < -0.3 is 10.6 Å². The van der Waals surface area contributed by atoms with Crippen molar-refractivity contribution in [2.45, 2.75) is 45.7 Å². The lowest BCUT2D eigenvalue weighted by Gasteiger charge is -2.30. The van der Waals surface area contributed by atoms with E-state index in [4.69, 9.17) is 0 Å². The first kappa shape index (κ1) is 19.6. The van der Waals surface area contributed by atoms with Crippen molar-refractivity contribution >= 4 is 17.5 Å². The molecule has 2 aromatic rings. The number of carbonyl (C=O) groups is 2. The van der Waals surface area contributed by atoms with E-state index in [-0.39, 0.29) is 11.8 Å². The quantitative estimate of drug-likeness (QED) is 0.816. The molecule has 0 atom stereocenters. The molecule has 2 heterocycles. The van der Waals surface area contributed by atoms with E-state index >= 15 is 0 Å². The predicted octanol–water partition coefficient (Wildman–Crippen LogP) is 3.73. The van der Waals surface area contributed by atoms with Gasteiger partial charge in [-0.3, -0.25) is 14.5 Å². The number of nitrogens with one attached hydrogen (secondary N) is 2. The summed E-state index contributed by atoms with van der Waals surface area (Å²) in [5.41, 5.74) is 4.94. The summed E-state index contributed by atoms with van der Waals surface area (Å²) in [6.45, 7) is 6.08. The van der Waals surface area contributed by atoms with Crippen molar-refractivity contribution in [1.29, 1.82) is 0 Å². The van der Waals surface area contributed by atoms with Gasteiger partial charge in [-0.15, -0.1) is 0 Å². The SMILES string of the molecule is CC1CCN(Cc2ccccc2CNC(=O)c2ccc3c(c2)CCC(=O)N3)CC1. The van der Waals surface area contributed by atoms with Crippen LogP contribution in [0.1, 0.15) is 53.2 Å². The van der Waals surface area contributed by atoms with Gasteiger partial charge in [-0.25, -0.2) is 0 Å². The number of nitrogens with zero attached hydrogens (tertiary/aromatic N) is 1. The van der Waals surface area contributed by atoms with Gasteiger partial charge in [0.1, 0.15) is 0 Å². The fourth-order valence-corrected chi connectivity index (χ4v) is 4.15. The summed E-state index contributed by atoms with van der Waals surface area (Å²) in [4.78, 5) is 26.7. The third-order valence-corrected chi connectivity index (χ3v) is 6.09. The van der Waals surface area contributed by atoms with Gasteiger partial charge in [0.25, 0.3) is 5.91 Å². The lowest BCUT2D eigenvalue weighted by atomic mass is 9.98. The van der Waals surface area contributed by atoms with Crippen LogP contribution < -0.4 is 10.6 Å². The maximum Gasteiger partial charge on any atom is 0.251 e. The molecular formula is C24H29N3O2. The Bertz CT molecular complexity index is 901. The zero-order valence-electron chi connectivity index (χ0n) is 17.0. The highest BCUT2D eigenvalue weighted by molar-refractivity contribution is 5.97. The van der Waals surface area contributed by atoms with Gasteiger partial charge in [-0.2, -0.15) is 0 Å². The van der Waals surface area contributed by atoms with E-state index < -0.39 is 0 Å². The minimum Gasteiger partial charge on any atom is -0.348 e. The Balaban J connectivity index is 1.39. The van der Waals surface area contributed by atoms with Crippen LogP contribution in [0, 0.1) is 5.92 Å². The van der Waals surface area contributed by atoms with Crippen molar-refractivity contribution in [3.8, 4) is 0 Å². The normalized spacial score (nSPS) is 17.5. The molecule has 0 aliphatic carbocycles. The molecule has 2 aliphatic rings. The number of aryl methyl sites for hydroxylation is 1. The summed E-state index contributed by atoms with van der Waals surface area (Å²) in [5, 5.41) is 5.93. The molecule has 152 valence electrons. The Morgan fingerprint density at radius 1 is 1.10 bits per heavy atom. The fourth-order valence-electron chi connectivity index (χ4n) is 4.15. The number of rotatable bonds is 5. The number of fused-ring (bicyclic) bond motifs is 1. The van der Waals surface area contributed by atoms with E-state index in [9.17, 15) is 9.59 Å². The predicted molar refractivity (Wildman–Crippen MR) is 115 cm³/mol. The first-order chi connectivity index (χ1) is 14.1. The van der Waals surface area contributed by atoms with Gasteiger partial charge >= 0.3 is 0 Å². The minimum absolute atomic E-state index is 0.0365. The summed E-state index contributed by atoms with van der Waals surface area (Å²) < 4.78 is 0. The maximum absolute atomic E-state index is 12.7. The standard InChI is InChI=1S/C24H29N3O2/c1-17-10-12-27(13-11-17)16-21-5-3-2-4-20(21)15-25-24(29)19-6-8-22-18(14-19)7-9-23(28)26-22/h2-6,8,14,17H,7,9-13,15-16H2,1H3,(H,25,29)(H,26,28). The Morgan fingerprint density at radius 3 is 2.66 bits per heavy atom. The first-order valence-corrected chi connectivity index (χ1v) is 10.6. The highest BCUT2D eigenvalue weighted by Gasteiger charge is 2.18. The summed E-state index contributed by atoms with van der Waals surface area (Å²) in [6.07, 6.45) is 3.68. The van der Waals surface area contributed by atoms with Gasteiger partial charge in [0.05, 0.1) is 0 Å². The summed E-state index contributed by atoms with van der Waals surface area (Å²) in [7, 11) is 0. The number of anilines is 1. The molecule has 0 radical (unpaired) electrons. The van der Waals surface area contributed by atoms with Crippen LogP contribution in [0.25, 0.3) is 0 Å². The Kier molecular flexibility index (Phi) is 5.95. The Morgan fingerprint density at radius 2 is 1.86 bits per heavy atom. The van der Waals surface area contributed by atoms with E-state index in [0.29, 0.717) is 24.9 Å². The fraction of sp³-hybridized carbons (Fsp3) is 0.417. The number of hydrogen-bond acceptors (Lipinski definition) is 3. The molecule has 0 saturated carbocycles. The second kappa shape index (κ2) is 8.78. The van der Waals surface area contributed by atoms with Crippen LogP contribution in [0.3, 0.4) is 0 Å². The molecule has 0 bridgehead atoms. The van der Waals surface area contributed by atoms with Crippen LogP contribution >= 0.6 is 0 Å². The van der Waals surface area contributed by atoms with Crippen LogP contribution in [0.2, 0.25) is 0 Å². The first-order valence-electron chi connectivity index (χ1n) is 10.6. The minimum atomic E-state index is -0.0775. The molecule has 0 aromatic heterocycles. The van der Waals surface area contributed by atoms with E-state index in [1.54, 1.807) is 6.07 Å². The van der Waals surface area contributed by atoms with Gasteiger partial charge in [-0.1, -0.05) is 31.2 Å². The topological polar surface area (TPSA) is 61.4 Å². The molecular weight excluding hydrogens is 362 g/mol. The van der Waals surface area contributed by atoms with Gasteiger partial charge in [0, 0.05) is 30.8 Å². The zero-order valence-corrected chi connectivity index (χ0v) is 17.0. The van der Waals surface area contributed by atoms with Crippen molar-refractivity contribution in [3.05, 3.63) is 64.7 Å². The molecule has 4 rings (SSSR count). The van der Waals surface area contributed by atoms with E-state index in [2.05, 4.69) is 40.7 Å². The Hall–Kier alpha value is -2.66. The third-order valence-electron chi connectivity index (χ3n) is 6.09. The van der Waals surface area contributed by atoms with Gasteiger partial charge in [0.15, 0.2) is 0 Å². The average Bonchev–Trinajstić information content (AvgIpc) is 2.74. The monoisotopic (exact) mass is 391 g/mol. The molecule has 2 aliphatic heterocycles. The Labute approximate surface area is 172 Å². The van der Waals surface area contributed by atoms with E-state index in [0.717, 1.165) is 36.8 Å². The number of benzene rings is 2. The molecule has 1 fully saturated rings. The number of likely N-dealkylation sites (tertiary alicyclic amines) is 1. The summed E-state index contributed by atoms with van der Waals surface area (Å²) >= 11 is 0. The largest absolute Gasteiger partial charge is 0.348 e. The maximum atomic E-state index is 12.7. The lowest BCUT2D eigenvalue weighted by molar-refractivity contribution is -0.116. The molecule has 0 spiro atoms. The van der Waals surface area contributed by atoms with Crippen molar-refractivity contribution in [3.63, 3.8) is 0 Å². The van der Waals surface area contributed by atoms with Crippen molar-refractivity contribution < 1.29 is 9.59 Å². The van der Waals surface area contributed by atoms with Crippen LogP contribution in [0.5, 0.6) is 0 Å². The highest BCUT2D eigenvalue weighted by atomic mass is 16.2. The highest BCUT2D eigenvalue weighted by Crippen LogP contribution is 2.24. The average molecular weight is 392 g/mol. The van der Waals surface area contributed by atoms with Crippen LogP contribution in [-0.4, -0.2) is 29.8 Å². The molecule has 5 heteroatoms. The number of carbonyl (C=O) groups excluding carboxylic acids is 2. The van der Waals surface area contributed by atoms with Gasteiger partial charge in [-0.05, 0) is 73.2 Å². The van der Waals surface area contributed by atoms with Gasteiger partial charge in [0.2, 0.25) is 5.91 Å². The number of amides is 2. The third kappa shape index (κ3) is 4.85. The van der Waals surface area contributed by atoms with Crippen LogP contribution in [-0.2, 0) is 24.3 Å². The van der Waals surface area contributed by atoms with Crippen LogP contribution in [0.4, 0.5) is 5.69 Å². The molecule has 1 saturated heterocycles. The molecule has 29 heavy (non-hydrogen) atoms. The van der Waals surface area contributed by atoms with Crippen molar-refractivity contribution in [1.82, 2.24) is 10.2 Å². The molecule has 2 aromatic carbocycles.